The number of β-amino-alcohol motifs (C(OH)–C–C–N with tert-alkyl or cyclic N) is 2. The van der Waals surface area contributed by atoms with E-state index in [-0.39, 0.29) is 18.7 Å². The Labute approximate surface area is 197 Å². The summed E-state index contributed by atoms with van der Waals surface area (Å²) in [4.78, 5) is 31.0. The molecule has 0 saturated carbocycles. The molecular weight excluding hydrogens is 434 g/mol. The van der Waals surface area contributed by atoms with Crippen LogP contribution in [0.5, 0.6) is 0 Å². The van der Waals surface area contributed by atoms with Gasteiger partial charge in [-0.1, -0.05) is 0 Å². The van der Waals surface area contributed by atoms with Crippen LogP contribution >= 0.6 is 0 Å². The summed E-state index contributed by atoms with van der Waals surface area (Å²) in [7, 11) is 0. The number of nitriles is 1. The number of nitrogens with two attached hydrogens (primary N) is 1. The van der Waals surface area contributed by atoms with E-state index in [0.717, 1.165) is 11.3 Å². The molecule has 2 unspecified atom stereocenters. The highest BCUT2D eigenvalue weighted by Crippen LogP contribution is 2.30. The molecule has 1 aliphatic heterocycles. The van der Waals surface area contributed by atoms with Crippen LogP contribution < -0.4 is 5.73 Å². The number of primary amides is 1. The first-order valence-corrected chi connectivity index (χ1v) is 11.2. The molecule has 1 amide bonds. The molecule has 0 bridgehead atoms. The Morgan fingerprint density at radius 3 is 2.50 bits per heavy atom. The van der Waals surface area contributed by atoms with Gasteiger partial charge in [0.25, 0.3) is 0 Å². The van der Waals surface area contributed by atoms with E-state index in [1.165, 1.54) is 0 Å². The second kappa shape index (κ2) is 9.73. The number of aromatic nitrogens is 2. The number of likely N-dealkylation sites (tertiary alicyclic amines) is 1. The molecule has 1 aliphatic rings. The third-order valence-corrected chi connectivity index (χ3v) is 6.14. The van der Waals surface area contributed by atoms with Crippen LogP contribution in [0.15, 0.2) is 36.5 Å². The number of nitrogens with zero attached hydrogens (tertiary/aromatic N) is 4. The van der Waals surface area contributed by atoms with Crippen molar-refractivity contribution in [1.29, 1.82) is 5.26 Å². The Hall–Kier alpha value is -3.58. The predicted octanol–water partition coefficient (Wildman–Crippen LogP) is 1.23. The van der Waals surface area contributed by atoms with E-state index >= 15 is 0 Å². The maximum atomic E-state index is 13.4. The van der Waals surface area contributed by atoms with Crippen molar-refractivity contribution in [2.45, 2.75) is 38.4 Å². The van der Waals surface area contributed by atoms with Crippen molar-refractivity contribution in [3.8, 4) is 11.8 Å². The first kappa shape index (κ1) is 23.6. The van der Waals surface area contributed by atoms with Gasteiger partial charge in [0.05, 0.1) is 47.0 Å². The Morgan fingerprint density at radius 1 is 1.21 bits per heavy atom. The van der Waals surface area contributed by atoms with Gasteiger partial charge < -0.3 is 20.5 Å². The quantitative estimate of drug-likeness (QED) is 0.449. The molecule has 1 saturated heterocycles. The Morgan fingerprint density at radius 2 is 1.88 bits per heavy atom. The van der Waals surface area contributed by atoms with Gasteiger partial charge in [0.15, 0.2) is 5.78 Å². The van der Waals surface area contributed by atoms with Crippen molar-refractivity contribution >= 4 is 22.7 Å². The summed E-state index contributed by atoms with van der Waals surface area (Å²) in [6.45, 7) is 2.53. The van der Waals surface area contributed by atoms with E-state index in [2.05, 4.69) is 11.1 Å². The normalized spacial score (nSPS) is 18.6. The van der Waals surface area contributed by atoms with Crippen LogP contribution in [0, 0.1) is 18.3 Å². The minimum atomic E-state index is -0.677. The fraction of sp³-hybridized carbons (Fsp3) is 0.360. The monoisotopic (exact) mass is 461 g/mol. The fourth-order valence-electron chi connectivity index (χ4n) is 4.62. The molecule has 3 aromatic rings. The molecule has 4 N–H and O–H groups in total. The van der Waals surface area contributed by atoms with Crippen LogP contribution in [-0.2, 0) is 11.2 Å². The summed E-state index contributed by atoms with van der Waals surface area (Å²) in [6, 6.07) is 11.1. The molecule has 4 rings (SSSR count). The topological polar surface area (TPSA) is 145 Å². The molecule has 0 radical (unpaired) electrons. The zero-order valence-corrected chi connectivity index (χ0v) is 18.9. The third-order valence-electron chi connectivity index (χ3n) is 6.14. The van der Waals surface area contributed by atoms with Crippen molar-refractivity contribution in [2.24, 2.45) is 5.73 Å². The molecule has 0 spiro atoms. The molecule has 9 nitrogen and oxygen atoms in total. The van der Waals surface area contributed by atoms with Gasteiger partial charge in [-0.25, -0.2) is 0 Å². The van der Waals surface area contributed by atoms with Crippen LogP contribution in [0.25, 0.3) is 16.7 Å². The summed E-state index contributed by atoms with van der Waals surface area (Å²) in [5.41, 5.74) is 9.84. The smallest absolute Gasteiger partial charge is 0.217 e. The third kappa shape index (κ3) is 4.84. The van der Waals surface area contributed by atoms with Crippen molar-refractivity contribution < 1.29 is 19.8 Å². The highest BCUT2D eigenvalue weighted by molar-refractivity contribution is 6.09. The van der Waals surface area contributed by atoms with Gasteiger partial charge in [-0.2, -0.15) is 5.26 Å². The number of ketones is 1. The van der Waals surface area contributed by atoms with Gasteiger partial charge in [0.1, 0.15) is 0 Å². The van der Waals surface area contributed by atoms with Crippen LogP contribution in [0.3, 0.4) is 0 Å². The zero-order valence-electron chi connectivity index (χ0n) is 18.9. The molecule has 1 aromatic carbocycles. The molecule has 3 heterocycles. The summed E-state index contributed by atoms with van der Waals surface area (Å²) >= 11 is 0. The van der Waals surface area contributed by atoms with E-state index in [1.54, 1.807) is 23.2 Å². The lowest BCUT2D eigenvalue weighted by Crippen LogP contribution is -2.47. The number of amides is 1. The number of pyridine rings is 1. The van der Waals surface area contributed by atoms with Gasteiger partial charge in [0, 0.05) is 43.5 Å². The number of carbonyl (C=O) groups excluding carboxylic acids is 2. The minimum Gasteiger partial charge on any atom is -0.392 e. The summed E-state index contributed by atoms with van der Waals surface area (Å²) in [5.74, 6) is -0.561. The molecule has 2 aromatic heterocycles. The van der Waals surface area contributed by atoms with Gasteiger partial charge in [-0.15, -0.1) is 0 Å². The number of hydrogen-bond acceptors (Lipinski definition) is 7. The van der Waals surface area contributed by atoms with E-state index in [4.69, 9.17) is 11.0 Å². The number of carbonyl (C=O) groups is 2. The maximum Gasteiger partial charge on any atom is 0.217 e. The number of fused-ring (bicyclic) bond motifs is 1. The van der Waals surface area contributed by atoms with Gasteiger partial charge >= 0.3 is 0 Å². The SMILES string of the molecule is Cc1c(C(=O)CN2CC(O)CC(O)C2)c2ncc(CCC(N)=O)cc2n1-c1ccc(C#N)cc1. The van der Waals surface area contributed by atoms with Gasteiger partial charge in [-0.3, -0.25) is 19.5 Å². The predicted molar refractivity (Wildman–Crippen MR) is 125 cm³/mol. The average Bonchev–Trinajstić information content (AvgIpc) is 3.08. The molecule has 9 heteroatoms. The van der Waals surface area contributed by atoms with Crippen LogP contribution in [0.4, 0.5) is 0 Å². The lowest BCUT2D eigenvalue weighted by Gasteiger charge is -2.32. The second-order valence-electron chi connectivity index (χ2n) is 8.79. The number of piperidine rings is 1. The number of aliphatic hydroxyl groups is 2. The summed E-state index contributed by atoms with van der Waals surface area (Å²) < 4.78 is 1.92. The number of aryl methyl sites for hydroxylation is 1. The number of Topliss-reactive ketones (excluding diaryl/α,β-unsaturated/α-hetero) is 1. The average molecular weight is 462 g/mol. The van der Waals surface area contributed by atoms with E-state index in [9.17, 15) is 19.8 Å². The highest BCUT2D eigenvalue weighted by atomic mass is 16.3. The Bertz CT molecular complexity index is 1270. The second-order valence-corrected chi connectivity index (χ2v) is 8.79. The zero-order chi connectivity index (χ0) is 24.4. The molecule has 34 heavy (non-hydrogen) atoms. The summed E-state index contributed by atoms with van der Waals surface area (Å²) in [5, 5.41) is 29.1. The van der Waals surface area contributed by atoms with E-state index < -0.39 is 18.1 Å². The van der Waals surface area contributed by atoms with Crippen molar-refractivity contribution in [3.05, 3.63) is 58.9 Å². The number of hydrogen-bond donors (Lipinski definition) is 3. The van der Waals surface area contributed by atoms with Crippen molar-refractivity contribution in [1.82, 2.24) is 14.5 Å². The summed E-state index contributed by atoms with van der Waals surface area (Å²) in [6.07, 6.45) is 1.22. The van der Waals surface area contributed by atoms with Crippen LogP contribution in [-0.4, -0.2) is 68.2 Å². The fourth-order valence-corrected chi connectivity index (χ4v) is 4.62. The van der Waals surface area contributed by atoms with E-state index in [0.29, 0.717) is 53.8 Å². The molecule has 0 aliphatic carbocycles. The van der Waals surface area contributed by atoms with Crippen LogP contribution in [0.2, 0.25) is 0 Å². The van der Waals surface area contributed by atoms with Gasteiger partial charge in [0.2, 0.25) is 5.91 Å². The number of rotatable bonds is 7. The molecule has 176 valence electrons. The van der Waals surface area contributed by atoms with E-state index in [1.807, 2.05) is 29.7 Å². The van der Waals surface area contributed by atoms with Crippen molar-refractivity contribution in [3.63, 3.8) is 0 Å². The minimum absolute atomic E-state index is 0.0482. The van der Waals surface area contributed by atoms with Crippen LogP contribution in [0.1, 0.15) is 40.0 Å². The Balaban J connectivity index is 1.78. The first-order valence-electron chi connectivity index (χ1n) is 11.2. The highest BCUT2D eigenvalue weighted by Gasteiger charge is 2.29. The lowest BCUT2D eigenvalue weighted by molar-refractivity contribution is -0.118. The first-order chi connectivity index (χ1) is 16.3. The number of aliphatic hydroxyl groups excluding tert-OH is 2. The van der Waals surface area contributed by atoms with Crippen molar-refractivity contribution in [2.75, 3.05) is 19.6 Å². The molecule has 1 fully saturated rings. The standard InChI is InChI=1S/C25H27N5O4/c1-15-24(22(33)14-29-12-19(31)9-20(32)13-29)25-21(8-17(11-28-25)4-7-23(27)34)30(15)18-5-2-16(10-26)3-6-18/h2-3,5-6,8,11,19-20,31-32H,4,7,9,12-14H2,1H3,(H2,27,34). The maximum absolute atomic E-state index is 13.4. The number of benzene rings is 1. The lowest BCUT2D eigenvalue weighted by atomic mass is 10.0. The van der Waals surface area contributed by atoms with Gasteiger partial charge in [-0.05, 0) is 49.2 Å². The largest absolute Gasteiger partial charge is 0.392 e. The molecular formula is C25H27N5O4. The Kier molecular flexibility index (Phi) is 6.75. The molecule has 2 atom stereocenters.